The third kappa shape index (κ3) is 4.27. The van der Waals surface area contributed by atoms with Crippen molar-refractivity contribution in [3.8, 4) is 16.9 Å². The average molecular weight is 362 g/mol. The number of carbonyl (C=O) groups is 1. The monoisotopic (exact) mass is 361 g/mol. The van der Waals surface area contributed by atoms with Gasteiger partial charge in [-0.2, -0.15) is 0 Å². The van der Waals surface area contributed by atoms with Gasteiger partial charge in [0.05, 0.1) is 24.8 Å². The van der Waals surface area contributed by atoms with Crippen LogP contribution in [0.4, 0.5) is 0 Å². The highest BCUT2D eigenvalue weighted by Crippen LogP contribution is 2.30. The van der Waals surface area contributed by atoms with Crippen molar-refractivity contribution in [2.24, 2.45) is 0 Å². The molecule has 0 radical (unpaired) electrons. The lowest BCUT2D eigenvalue weighted by molar-refractivity contribution is 0.0295. The summed E-state index contributed by atoms with van der Waals surface area (Å²) in [5.41, 5.74) is 1.67. The SMILES string of the molecule is CCCOc1ccc(-c2cnc(C(=O)N3CCOCC3)nc2)cc1Cl. The Labute approximate surface area is 151 Å². The predicted molar refractivity (Wildman–Crippen MR) is 95.0 cm³/mol. The van der Waals surface area contributed by atoms with Crippen LogP contribution in [0, 0.1) is 0 Å². The second kappa shape index (κ2) is 8.27. The molecule has 0 spiro atoms. The summed E-state index contributed by atoms with van der Waals surface area (Å²) in [5, 5.41) is 0.541. The second-order valence-electron chi connectivity index (χ2n) is 5.69. The third-order valence-electron chi connectivity index (χ3n) is 3.87. The van der Waals surface area contributed by atoms with E-state index >= 15 is 0 Å². The van der Waals surface area contributed by atoms with E-state index < -0.39 is 0 Å². The molecule has 0 atom stereocenters. The summed E-state index contributed by atoms with van der Waals surface area (Å²) < 4.78 is 10.8. The summed E-state index contributed by atoms with van der Waals surface area (Å²) in [4.78, 5) is 22.5. The maximum absolute atomic E-state index is 12.4. The Morgan fingerprint density at radius 1 is 1.24 bits per heavy atom. The van der Waals surface area contributed by atoms with E-state index in [0.717, 1.165) is 17.5 Å². The molecule has 6 nitrogen and oxygen atoms in total. The summed E-state index contributed by atoms with van der Waals surface area (Å²) >= 11 is 6.26. The highest BCUT2D eigenvalue weighted by atomic mass is 35.5. The first-order valence-electron chi connectivity index (χ1n) is 8.31. The number of rotatable bonds is 5. The Hall–Kier alpha value is -2.18. The molecule has 1 aliphatic heterocycles. The highest BCUT2D eigenvalue weighted by molar-refractivity contribution is 6.32. The van der Waals surface area contributed by atoms with Crippen LogP contribution in [-0.4, -0.2) is 53.7 Å². The van der Waals surface area contributed by atoms with Crippen molar-refractivity contribution in [3.63, 3.8) is 0 Å². The molecule has 0 aliphatic carbocycles. The topological polar surface area (TPSA) is 64.5 Å². The van der Waals surface area contributed by atoms with Gasteiger partial charge in [0.15, 0.2) is 0 Å². The predicted octanol–water partition coefficient (Wildman–Crippen LogP) is 3.06. The van der Waals surface area contributed by atoms with Crippen LogP contribution < -0.4 is 4.74 Å². The minimum atomic E-state index is -0.170. The van der Waals surface area contributed by atoms with E-state index in [1.165, 1.54) is 0 Å². The number of amides is 1. The molecular weight excluding hydrogens is 342 g/mol. The molecule has 0 N–H and O–H groups in total. The van der Waals surface area contributed by atoms with Gasteiger partial charge < -0.3 is 14.4 Å². The van der Waals surface area contributed by atoms with Gasteiger partial charge in [-0.15, -0.1) is 0 Å². The van der Waals surface area contributed by atoms with Crippen molar-refractivity contribution < 1.29 is 14.3 Å². The van der Waals surface area contributed by atoms with Crippen molar-refractivity contribution in [1.82, 2.24) is 14.9 Å². The van der Waals surface area contributed by atoms with Crippen molar-refractivity contribution in [2.75, 3.05) is 32.9 Å². The number of morpholine rings is 1. The molecule has 0 unspecified atom stereocenters. The first-order valence-corrected chi connectivity index (χ1v) is 8.68. The van der Waals surface area contributed by atoms with E-state index in [4.69, 9.17) is 21.1 Å². The summed E-state index contributed by atoms with van der Waals surface area (Å²) in [6.45, 7) is 4.90. The fraction of sp³-hybridized carbons (Fsp3) is 0.389. The normalized spacial score (nSPS) is 14.4. The minimum Gasteiger partial charge on any atom is -0.492 e. The van der Waals surface area contributed by atoms with Gasteiger partial charge in [-0.05, 0) is 24.1 Å². The van der Waals surface area contributed by atoms with Crippen LogP contribution in [0.5, 0.6) is 5.75 Å². The van der Waals surface area contributed by atoms with Crippen LogP contribution in [0.15, 0.2) is 30.6 Å². The number of halogens is 1. The first kappa shape index (κ1) is 17.6. The summed E-state index contributed by atoms with van der Waals surface area (Å²) in [6.07, 6.45) is 4.20. The Kier molecular flexibility index (Phi) is 5.83. The largest absolute Gasteiger partial charge is 0.492 e. The van der Waals surface area contributed by atoms with Crippen LogP contribution in [-0.2, 0) is 4.74 Å². The van der Waals surface area contributed by atoms with Crippen molar-refractivity contribution in [1.29, 1.82) is 0 Å². The lowest BCUT2D eigenvalue weighted by Crippen LogP contribution is -2.41. The smallest absolute Gasteiger partial charge is 0.291 e. The number of aromatic nitrogens is 2. The van der Waals surface area contributed by atoms with E-state index in [2.05, 4.69) is 9.97 Å². The first-order chi connectivity index (χ1) is 12.2. The summed E-state index contributed by atoms with van der Waals surface area (Å²) in [7, 11) is 0. The maximum atomic E-state index is 12.4. The molecule has 1 amide bonds. The molecule has 0 bridgehead atoms. The zero-order valence-electron chi connectivity index (χ0n) is 14.1. The van der Waals surface area contributed by atoms with Crippen molar-refractivity contribution in [3.05, 3.63) is 41.4 Å². The quantitative estimate of drug-likeness (QED) is 0.819. The third-order valence-corrected chi connectivity index (χ3v) is 4.16. The molecule has 1 saturated heterocycles. The fourth-order valence-corrected chi connectivity index (χ4v) is 2.74. The molecule has 7 heteroatoms. The molecule has 3 rings (SSSR count). The lowest BCUT2D eigenvalue weighted by Gasteiger charge is -2.25. The molecule has 1 aromatic carbocycles. The molecule has 1 fully saturated rings. The highest BCUT2D eigenvalue weighted by Gasteiger charge is 2.20. The van der Waals surface area contributed by atoms with Gasteiger partial charge in [-0.3, -0.25) is 4.79 Å². The summed E-state index contributed by atoms with van der Waals surface area (Å²) in [6, 6.07) is 5.55. The molecule has 2 aromatic rings. The number of benzene rings is 1. The standard InChI is InChI=1S/C18H20ClN3O3/c1-2-7-25-16-4-3-13(10-15(16)19)14-11-20-17(21-12-14)18(23)22-5-8-24-9-6-22/h3-4,10-12H,2,5-9H2,1H3. The van der Waals surface area contributed by atoms with Crippen LogP contribution in [0.3, 0.4) is 0 Å². The van der Waals surface area contributed by atoms with Crippen LogP contribution in [0.1, 0.15) is 24.0 Å². The number of hydrogen-bond acceptors (Lipinski definition) is 5. The molecule has 1 aromatic heterocycles. The number of nitrogens with zero attached hydrogens (tertiary/aromatic N) is 3. The second-order valence-corrected chi connectivity index (χ2v) is 6.10. The number of hydrogen-bond donors (Lipinski definition) is 0. The molecule has 132 valence electrons. The Balaban J connectivity index is 1.73. The van der Waals surface area contributed by atoms with Crippen LogP contribution in [0.2, 0.25) is 5.02 Å². The molecular formula is C18H20ClN3O3. The molecule has 25 heavy (non-hydrogen) atoms. The van der Waals surface area contributed by atoms with Gasteiger partial charge in [-0.25, -0.2) is 9.97 Å². The van der Waals surface area contributed by atoms with E-state index in [9.17, 15) is 4.79 Å². The number of carbonyl (C=O) groups excluding carboxylic acids is 1. The molecule has 1 aliphatic rings. The zero-order valence-corrected chi connectivity index (χ0v) is 14.8. The summed E-state index contributed by atoms with van der Waals surface area (Å²) in [5.74, 6) is 0.683. The fourth-order valence-electron chi connectivity index (χ4n) is 2.50. The Morgan fingerprint density at radius 3 is 2.60 bits per heavy atom. The maximum Gasteiger partial charge on any atom is 0.291 e. The zero-order chi connectivity index (χ0) is 17.6. The van der Waals surface area contributed by atoms with Gasteiger partial charge in [0, 0.05) is 31.0 Å². The van der Waals surface area contributed by atoms with Gasteiger partial charge >= 0.3 is 0 Å². The Morgan fingerprint density at radius 2 is 1.96 bits per heavy atom. The van der Waals surface area contributed by atoms with Gasteiger partial charge in [-0.1, -0.05) is 24.6 Å². The van der Waals surface area contributed by atoms with E-state index in [1.807, 2.05) is 25.1 Å². The van der Waals surface area contributed by atoms with E-state index in [-0.39, 0.29) is 11.7 Å². The van der Waals surface area contributed by atoms with Gasteiger partial charge in [0.2, 0.25) is 5.82 Å². The van der Waals surface area contributed by atoms with Crippen LogP contribution in [0.25, 0.3) is 11.1 Å². The van der Waals surface area contributed by atoms with Crippen molar-refractivity contribution in [2.45, 2.75) is 13.3 Å². The van der Waals surface area contributed by atoms with Gasteiger partial charge in [0.25, 0.3) is 5.91 Å². The molecule has 0 saturated carbocycles. The van der Waals surface area contributed by atoms with Crippen LogP contribution >= 0.6 is 11.6 Å². The Bertz CT molecular complexity index is 731. The van der Waals surface area contributed by atoms with E-state index in [1.54, 1.807) is 17.3 Å². The molecule has 2 heterocycles. The van der Waals surface area contributed by atoms with Gasteiger partial charge in [0.1, 0.15) is 5.75 Å². The lowest BCUT2D eigenvalue weighted by atomic mass is 10.1. The average Bonchev–Trinajstić information content (AvgIpc) is 2.67. The number of ether oxygens (including phenoxy) is 2. The van der Waals surface area contributed by atoms with Crippen molar-refractivity contribution >= 4 is 17.5 Å². The minimum absolute atomic E-state index is 0.170. The van der Waals surface area contributed by atoms with E-state index in [0.29, 0.717) is 43.7 Å².